The van der Waals surface area contributed by atoms with E-state index in [-0.39, 0.29) is 30.7 Å². The van der Waals surface area contributed by atoms with Crippen LogP contribution in [-0.4, -0.2) is 47.9 Å². The van der Waals surface area contributed by atoms with E-state index in [4.69, 9.17) is 5.73 Å². The summed E-state index contributed by atoms with van der Waals surface area (Å²) < 4.78 is 0.996. The normalized spacial score (nSPS) is 23.3. The van der Waals surface area contributed by atoms with Crippen molar-refractivity contribution in [3.05, 3.63) is 34.3 Å². The third-order valence-electron chi connectivity index (χ3n) is 5.01. The molecule has 136 valence electrons. The smallest absolute Gasteiger partial charge is 0.247 e. The highest BCUT2D eigenvalue weighted by Crippen LogP contribution is 2.26. The predicted molar refractivity (Wildman–Crippen MR) is 106 cm³/mol. The van der Waals surface area contributed by atoms with Crippen molar-refractivity contribution in [2.45, 2.75) is 37.8 Å². The summed E-state index contributed by atoms with van der Waals surface area (Å²) in [5.41, 5.74) is 6.32. The molecule has 0 spiro atoms. The van der Waals surface area contributed by atoms with E-state index in [1.807, 2.05) is 36.1 Å². The van der Waals surface area contributed by atoms with Gasteiger partial charge in [0.15, 0.2) is 0 Å². The van der Waals surface area contributed by atoms with Gasteiger partial charge in [0.1, 0.15) is 5.54 Å². The largest absolute Gasteiger partial charge is 0.338 e. The SMILES string of the molecule is CC(N)(C(=O)N1CCN2CCCCC2C1)c1ccc(Br)cc1.Cl.Cl. The van der Waals surface area contributed by atoms with Gasteiger partial charge in [-0.25, -0.2) is 0 Å². The predicted octanol–water partition coefficient (Wildman–Crippen LogP) is 3.16. The Morgan fingerprint density at radius 3 is 2.50 bits per heavy atom. The standard InChI is InChI=1S/C17H24BrN3O.2ClH/c1-17(19,13-5-7-14(18)8-6-13)16(22)21-11-10-20-9-3-2-4-15(20)12-21;;/h5-8,15H,2-4,9-12,19H2,1H3;2*1H. The summed E-state index contributed by atoms with van der Waals surface area (Å²) in [4.78, 5) is 17.4. The van der Waals surface area contributed by atoms with Gasteiger partial charge in [-0.05, 0) is 44.0 Å². The molecule has 2 saturated heterocycles. The molecule has 2 atom stereocenters. The first-order chi connectivity index (χ1) is 10.5. The van der Waals surface area contributed by atoms with Gasteiger partial charge in [-0.1, -0.05) is 34.5 Å². The molecule has 4 nitrogen and oxygen atoms in total. The van der Waals surface area contributed by atoms with Gasteiger partial charge < -0.3 is 10.6 Å². The number of hydrogen-bond donors (Lipinski definition) is 1. The number of amides is 1. The Morgan fingerprint density at radius 2 is 1.83 bits per heavy atom. The van der Waals surface area contributed by atoms with Crippen LogP contribution < -0.4 is 5.73 Å². The third kappa shape index (κ3) is 4.44. The van der Waals surface area contributed by atoms with E-state index >= 15 is 0 Å². The molecule has 1 aromatic rings. The lowest BCUT2D eigenvalue weighted by Gasteiger charge is -2.45. The Balaban J connectivity index is 0.00000144. The molecular formula is C17H26BrCl2N3O. The summed E-state index contributed by atoms with van der Waals surface area (Å²) in [5, 5.41) is 0. The van der Waals surface area contributed by atoms with E-state index in [1.54, 1.807) is 0 Å². The quantitative estimate of drug-likeness (QED) is 0.771. The van der Waals surface area contributed by atoms with Gasteiger partial charge in [0.2, 0.25) is 5.91 Å². The van der Waals surface area contributed by atoms with Crippen LogP contribution in [0, 0.1) is 0 Å². The molecule has 0 saturated carbocycles. The maximum Gasteiger partial charge on any atom is 0.247 e. The highest BCUT2D eigenvalue weighted by Gasteiger charge is 2.38. The Morgan fingerprint density at radius 1 is 1.17 bits per heavy atom. The fourth-order valence-electron chi connectivity index (χ4n) is 3.59. The van der Waals surface area contributed by atoms with Crippen molar-refractivity contribution in [2.24, 2.45) is 5.73 Å². The number of fused-ring (bicyclic) bond motifs is 1. The second-order valence-corrected chi connectivity index (χ2v) is 7.56. The molecule has 2 aliphatic heterocycles. The summed E-state index contributed by atoms with van der Waals surface area (Å²) >= 11 is 3.42. The van der Waals surface area contributed by atoms with Crippen LogP contribution in [0.3, 0.4) is 0 Å². The van der Waals surface area contributed by atoms with Crippen molar-refractivity contribution in [2.75, 3.05) is 26.2 Å². The lowest BCUT2D eigenvalue weighted by molar-refractivity contribution is -0.140. The van der Waals surface area contributed by atoms with Crippen molar-refractivity contribution in [1.82, 2.24) is 9.80 Å². The monoisotopic (exact) mass is 437 g/mol. The molecule has 24 heavy (non-hydrogen) atoms. The molecule has 0 bridgehead atoms. The zero-order chi connectivity index (χ0) is 15.7. The molecule has 2 N–H and O–H groups in total. The van der Waals surface area contributed by atoms with E-state index in [0.29, 0.717) is 6.04 Å². The number of carbonyl (C=O) groups excluding carboxylic acids is 1. The van der Waals surface area contributed by atoms with Crippen LogP contribution in [0.25, 0.3) is 0 Å². The fraction of sp³-hybridized carbons (Fsp3) is 0.588. The number of rotatable bonds is 2. The van der Waals surface area contributed by atoms with Gasteiger partial charge in [-0.3, -0.25) is 9.69 Å². The average molecular weight is 439 g/mol. The first-order valence-electron chi connectivity index (χ1n) is 8.07. The van der Waals surface area contributed by atoms with E-state index in [2.05, 4.69) is 20.8 Å². The number of hydrogen-bond acceptors (Lipinski definition) is 3. The highest BCUT2D eigenvalue weighted by atomic mass is 79.9. The van der Waals surface area contributed by atoms with Gasteiger partial charge in [0, 0.05) is 30.1 Å². The third-order valence-corrected chi connectivity index (χ3v) is 5.54. The van der Waals surface area contributed by atoms with Gasteiger partial charge in [0.25, 0.3) is 0 Å². The molecule has 2 fully saturated rings. The van der Waals surface area contributed by atoms with E-state index < -0.39 is 5.54 Å². The van der Waals surface area contributed by atoms with Crippen molar-refractivity contribution in [3.63, 3.8) is 0 Å². The van der Waals surface area contributed by atoms with Gasteiger partial charge in [-0.15, -0.1) is 24.8 Å². The zero-order valence-corrected chi connectivity index (χ0v) is 17.1. The second-order valence-electron chi connectivity index (χ2n) is 6.65. The molecular weight excluding hydrogens is 413 g/mol. The summed E-state index contributed by atoms with van der Waals surface area (Å²) in [6, 6.07) is 8.25. The number of carbonyl (C=O) groups is 1. The lowest BCUT2D eigenvalue weighted by Crippen LogP contribution is -2.60. The molecule has 1 amide bonds. The first kappa shape index (κ1) is 21.7. The number of piperazine rings is 1. The number of nitrogens with zero attached hydrogens (tertiary/aromatic N) is 2. The molecule has 0 aliphatic carbocycles. The Labute approximate surface area is 165 Å². The van der Waals surface area contributed by atoms with Crippen LogP contribution in [0.15, 0.2) is 28.7 Å². The van der Waals surface area contributed by atoms with Crippen molar-refractivity contribution < 1.29 is 4.79 Å². The maximum absolute atomic E-state index is 13.0. The number of nitrogens with two attached hydrogens (primary N) is 1. The first-order valence-corrected chi connectivity index (χ1v) is 8.86. The number of benzene rings is 1. The molecule has 2 heterocycles. The van der Waals surface area contributed by atoms with Crippen LogP contribution in [0.1, 0.15) is 31.7 Å². The molecule has 0 radical (unpaired) electrons. The molecule has 7 heteroatoms. The van der Waals surface area contributed by atoms with E-state index in [0.717, 1.165) is 29.7 Å². The van der Waals surface area contributed by atoms with Crippen LogP contribution in [0.5, 0.6) is 0 Å². The van der Waals surface area contributed by atoms with Crippen LogP contribution in [-0.2, 0) is 10.3 Å². The fourth-order valence-corrected chi connectivity index (χ4v) is 3.85. The van der Waals surface area contributed by atoms with Gasteiger partial charge >= 0.3 is 0 Å². The van der Waals surface area contributed by atoms with Gasteiger partial charge in [0.05, 0.1) is 0 Å². The topological polar surface area (TPSA) is 49.6 Å². The van der Waals surface area contributed by atoms with Crippen molar-refractivity contribution >= 4 is 46.7 Å². The van der Waals surface area contributed by atoms with Crippen LogP contribution in [0.4, 0.5) is 0 Å². The minimum absolute atomic E-state index is 0. The number of halogens is 3. The molecule has 0 aromatic heterocycles. The summed E-state index contributed by atoms with van der Waals surface area (Å²) in [6.07, 6.45) is 3.76. The minimum atomic E-state index is -0.961. The molecule has 2 unspecified atom stereocenters. The van der Waals surface area contributed by atoms with Crippen LogP contribution >= 0.6 is 40.7 Å². The van der Waals surface area contributed by atoms with Crippen molar-refractivity contribution in [1.29, 1.82) is 0 Å². The summed E-state index contributed by atoms with van der Waals surface area (Å²) in [5.74, 6) is 0.0417. The van der Waals surface area contributed by atoms with Crippen LogP contribution in [0.2, 0.25) is 0 Å². The number of piperidine rings is 1. The van der Waals surface area contributed by atoms with E-state index in [9.17, 15) is 4.79 Å². The Bertz CT molecular complexity index is 553. The Hall–Kier alpha value is -0.330. The molecule has 1 aromatic carbocycles. The van der Waals surface area contributed by atoms with Crippen molar-refractivity contribution in [3.8, 4) is 0 Å². The second kappa shape index (κ2) is 8.86. The average Bonchev–Trinajstić information content (AvgIpc) is 2.54. The lowest BCUT2D eigenvalue weighted by atomic mass is 9.90. The highest BCUT2D eigenvalue weighted by molar-refractivity contribution is 9.10. The molecule has 2 aliphatic rings. The zero-order valence-electron chi connectivity index (χ0n) is 13.9. The minimum Gasteiger partial charge on any atom is -0.338 e. The summed E-state index contributed by atoms with van der Waals surface area (Å²) in [7, 11) is 0. The Kier molecular flexibility index (Phi) is 8.01. The summed E-state index contributed by atoms with van der Waals surface area (Å²) in [6.45, 7) is 5.60. The van der Waals surface area contributed by atoms with Gasteiger partial charge in [-0.2, -0.15) is 0 Å². The maximum atomic E-state index is 13.0. The van der Waals surface area contributed by atoms with E-state index in [1.165, 1.54) is 25.8 Å². The molecule has 3 rings (SSSR count).